The molecule has 0 aromatic carbocycles. The Morgan fingerprint density at radius 3 is 2.52 bits per heavy atom. The Balaban J connectivity index is 0. The number of carbonyl (C=O) groups is 1. The Hall–Kier alpha value is -0.803. The number of aliphatic carboxylic acids is 1. The fourth-order valence-electron chi connectivity index (χ4n) is 1.98. The van der Waals surface area contributed by atoms with Crippen LogP contribution in [0.15, 0.2) is 17.1 Å². The molecule has 7 heteroatoms. The third-order valence-corrected chi connectivity index (χ3v) is 3.29. The average molecular weight is 320 g/mol. The molecule has 0 amide bonds. The molecule has 0 heterocycles. The van der Waals surface area contributed by atoms with Crippen LogP contribution < -0.4 is 24.0 Å². The minimum atomic E-state index is -0.956. The van der Waals surface area contributed by atoms with Gasteiger partial charge in [-0.25, -0.2) is 0 Å². The molecule has 0 aliphatic heterocycles. The molecule has 0 aromatic heterocycles. The van der Waals surface area contributed by atoms with E-state index in [4.69, 9.17) is 5.11 Å². The van der Waals surface area contributed by atoms with Gasteiger partial charge in [0.2, 0.25) is 0 Å². The quantitative estimate of drug-likeness (QED) is 0.188. The largest absolute Gasteiger partial charge is 1.00 e. The number of rotatable bonds is 12. The van der Waals surface area contributed by atoms with Gasteiger partial charge in [-0.3, -0.25) is 14.7 Å². The van der Waals surface area contributed by atoms with E-state index in [2.05, 4.69) is 11.9 Å². The van der Waals surface area contributed by atoms with Gasteiger partial charge in [-0.1, -0.05) is 31.9 Å². The first-order valence-electron chi connectivity index (χ1n) is 7.91. The Morgan fingerprint density at radius 2 is 2.00 bits per heavy atom. The molecule has 2 N–H and O–H groups in total. The molecule has 2 atom stereocenters. The second-order valence-electron chi connectivity index (χ2n) is 5.48. The number of hydrogen-bond donors (Lipinski definition) is 2. The normalized spacial score (nSPS) is 14.7. The van der Waals surface area contributed by atoms with E-state index in [1.165, 1.54) is 6.08 Å². The first-order chi connectivity index (χ1) is 10.4. The molecule has 0 bridgehead atoms. The van der Waals surface area contributed by atoms with Gasteiger partial charge in [0.25, 0.3) is 0 Å². The summed E-state index contributed by atoms with van der Waals surface area (Å²) in [5, 5.41) is 30.0. The van der Waals surface area contributed by atoms with Gasteiger partial charge in [-0.05, 0) is 32.6 Å². The summed E-state index contributed by atoms with van der Waals surface area (Å²) >= 11 is 0. The SMILES string of the molecule is CCCCC/C=C/C([O-])=NCCN(CC(C)O)C(C)C(=O)O.[Li+]. The minimum absolute atomic E-state index is 0. The van der Waals surface area contributed by atoms with Crippen LogP contribution in [-0.4, -0.2) is 58.8 Å². The third-order valence-electron chi connectivity index (χ3n) is 3.29. The predicted octanol–water partition coefficient (Wildman–Crippen LogP) is -1.96. The van der Waals surface area contributed by atoms with Crippen molar-refractivity contribution in [3.63, 3.8) is 0 Å². The maximum absolute atomic E-state index is 11.5. The standard InChI is InChI=1S/C16H30N2O4.Li/c1-4-5-6-7-8-9-15(20)17-10-11-18(12-13(2)19)14(3)16(21)22;/h8-9,13-14,19H,4-7,10-12H2,1-3H3,(H,17,20)(H,21,22);/q;+1/p-1/b9-8+;. The van der Waals surface area contributed by atoms with E-state index in [1.54, 1.807) is 18.7 Å². The number of hydrogen-bond acceptors (Lipinski definition) is 5. The van der Waals surface area contributed by atoms with Gasteiger partial charge in [0, 0.05) is 13.1 Å². The summed E-state index contributed by atoms with van der Waals surface area (Å²) < 4.78 is 0. The van der Waals surface area contributed by atoms with Crippen LogP contribution >= 0.6 is 0 Å². The number of unbranched alkanes of at least 4 members (excludes halogenated alkanes) is 3. The molecular formula is C16H29LiN2O4. The number of carboxylic acids is 1. The van der Waals surface area contributed by atoms with Gasteiger partial charge >= 0.3 is 24.8 Å². The second-order valence-corrected chi connectivity index (χ2v) is 5.48. The second kappa shape index (κ2) is 14.8. The molecule has 0 saturated heterocycles. The van der Waals surface area contributed by atoms with Crippen LogP contribution in [0, 0.1) is 0 Å². The van der Waals surface area contributed by atoms with E-state index in [-0.39, 0.29) is 37.8 Å². The summed E-state index contributed by atoms with van der Waals surface area (Å²) in [6, 6.07) is -0.718. The number of nitrogens with zero attached hydrogens (tertiary/aromatic N) is 2. The number of allylic oxidation sites excluding steroid dienone is 1. The van der Waals surface area contributed by atoms with Gasteiger partial charge in [-0.2, -0.15) is 0 Å². The molecule has 0 radical (unpaired) electrons. The smallest absolute Gasteiger partial charge is 0.859 e. The third kappa shape index (κ3) is 13.3. The van der Waals surface area contributed by atoms with E-state index < -0.39 is 18.1 Å². The van der Waals surface area contributed by atoms with Gasteiger partial charge in [0.1, 0.15) is 6.04 Å². The number of aliphatic imine (C=N–C) groups is 1. The van der Waals surface area contributed by atoms with Crippen molar-refractivity contribution in [2.75, 3.05) is 19.6 Å². The van der Waals surface area contributed by atoms with Crippen LogP contribution in [0.1, 0.15) is 46.5 Å². The molecule has 0 aliphatic carbocycles. The van der Waals surface area contributed by atoms with E-state index in [1.807, 2.05) is 6.08 Å². The Bertz CT molecular complexity index is 373. The first-order valence-corrected chi connectivity index (χ1v) is 7.91. The number of carboxylic acid groups (broad SMARTS) is 1. The Kier molecular flexibility index (Phi) is 15.7. The summed E-state index contributed by atoms with van der Waals surface area (Å²) in [4.78, 5) is 16.5. The molecule has 0 spiro atoms. The van der Waals surface area contributed by atoms with Crippen molar-refractivity contribution < 1.29 is 39.0 Å². The summed E-state index contributed by atoms with van der Waals surface area (Å²) in [6.07, 6.45) is 6.91. The van der Waals surface area contributed by atoms with Crippen molar-refractivity contribution in [1.29, 1.82) is 0 Å². The molecule has 2 unspecified atom stereocenters. The van der Waals surface area contributed by atoms with Gasteiger partial charge < -0.3 is 15.3 Å². The van der Waals surface area contributed by atoms with Crippen molar-refractivity contribution in [3.05, 3.63) is 12.2 Å². The van der Waals surface area contributed by atoms with Gasteiger partial charge in [0.15, 0.2) is 0 Å². The molecule has 0 rings (SSSR count). The molecule has 0 fully saturated rings. The van der Waals surface area contributed by atoms with Gasteiger partial charge in [-0.15, -0.1) is 0 Å². The topological polar surface area (TPSA) is 96.2 Å². The van der Waals surface area contributed by atoms with Crippen molar-refractivity contribution in [1.82, 2.24) is 4.90 Å². The van der Waals surface area contributed by atoms with Crippen molar-refractivity contribution in [2.45, 2.75) is 58.6 Å². The van der Waals surface area contributed by atoms with Crippen LogP contribution in [0.2, 0.25) is 0 Å². The maximum Gasteiger partial charge on any atom is 1.00 e. The maximum atomic E-state index is 11.5. The first kappa shape index (κ1) is 24.4. The predicted molar refractivity (Wildman–Crippen MR) is 85.9 cm³/mol. The summed E-state index contributed by atoms with van der Waals surface area (Å²) in [5.41, 5.74) is 0. The monoisotopic (exact) mass is 320 g/mol. The molecular weight excluding hydrogens is 291 g/mol. The van der Waals surface area contributed by atoms with E-state index in [9.17, 15) is 15.0 Å². The minimum Gasteiger partial charge on any atom is -0.859 e. The fourth-order valence-corrected chi connectivity index (χ4v) is 1.98. The molecule has 128 valence electrons. The summed E-state index contributed by atoms with van der Waals surface area (Å²) in [6.45, 7) is 6.07. The summed E-state index contributed by atoms with van der Waals surface area (Å²) in [5.74, 6) is -1.25. The van der Waals surface area contributed by atoms with Crippen molar-refractivity contribution in [2.24, 2.45) is 4.99 Å². The van der Waals surface area contributed by atoms with Gasteiger partial charge in [0.05, 0.1) is 12.6 Å². The van der Waals surface area contributed by atoms with E-state index in [0.29, 0.717) is 6.54 Å². The molecule has 6 nitrogen and oxygen atoms in total. The zero-order valence-electron chi connectivity index (χ0n) is 14.9. The molecule has 0 aromatic rings. The van der Waals surface area contributed by atoms with Crippen LogP contribution in [0.3, 0.4) is 0 Å². The van der Waals surface area contributed by atoms with Crippen LogP contribution in [-0.2, 0) is 4.79 Å². The average Bonchev–Trinajstić information content (AvgIpc) is 2.44. The van der Waals surface area contributed by atoms with E-state index in [0.717, 1.165) is 25.7 Å². The van der Waals surface area contributed by atoms with Crippen molar-refractivity contribution in [3.8, 4) is 0 Å². The Morgan fingerprint density at radius 1 is 1.35 bits per heavy atom. The zero-order chi connectivity index (χ0) is 17.0. The molecule has 0 saturated carbocycles. The summed E-state index contributed by atoms with van der Waals surface area (Å²) in [7, 11) is 0. The zero-order valence-corrected chi connectivity index (χ0v) is 14.9. The number of aliphatic hydroxyl groups is 1. The van der Waals surface area contributed by atoms with Crippen molar-refractivity contribution >= 4 is 11.9 Å². The van der Waals surface area contributed by atoms with E-state index >= 15 is 0 Å². The Labute approximate surface area is 151 Å². The molecule has 23 heavy (non-hydrogen) atoms. The fraction of sp³-hybridized carbons (Fsp3) is 0.750. The number of aliphatic hydroxyl groups excluding tert-OH is 1. The van der Waals surface area contributed by atoms with Crippen LogP contribution in [0.5, 0.6) is 0 Å². The van der Waals surface area contributed by atoms with Crippen LogP contribution in [0.4, 0.5) is 0 Å². The molecule has 0 aliphatic rings. The van der Waals surface area contributed by atoms with Crippen LogP contribution in [0.25, 0.3) is 0 Å².